The predicted octanol–water partition coefficient (Wildman–Crippen LogP) is 2.96. The molecular weight excluding hydrogens is 345 g/mol. The van der Waals surface area contributed by atoms with Gasteiger partial charge in [-0.05, 0) is 26.0 Å². The molecule has 3 heterocycles. The first-order chi connectivity index (χ1) is 12.4. The quantitative estimate of drug-likeness (QED) is 0.898. The maximum atomic E-state index is 13.2. The van der Waals surface area contributed by atoms with E-state index in [0.717, 1.165) is 24.1 Å². The van der Waals surface area contributed by atoms with Crippen LogP contribution in [0.5, 0.6) is 0 Å². The molecule has 0 saturated carbocycles. The molecule has 0 amide bonds. The van der Waals surface area contributed by atoms with Gasteiger partial charge in [0, 0.05) is 50.7 Å². The Labute approximate surface area is 150 Å². The summed E-state index contributed by atoms with van der Waals surface area (Å²) in [6.45, 7) is 6.55. The SMILES string of the molecule is CCNc1cc(C)nc(N2CCN(c3ncccc3C(F)(F)F)CC2)n1. The molecule has 1 N–H and O–H groups in total. The summed E-state index contributed by atoms with van der Waals surface area (Å²) in [5.41, 5.74) is 0.146. The van der Waals surface area contributed by atoms with Crippen LogP contribution in [-0.4, -0.2) is 47.7 Å². The molecule has 26 heavy (non-hydrogen) atoms. The van der Waals surface area contributed by atoms with E-state index in [9.17, 15) is 13.2 Å². The molecule has 2 aromatic rings. The van der Waals surface area contributed by atoms with Crippen molar-refractivity contribution in [1.29, 1.82) is 0 Å². The molecule has 1 fully saturated rings. The number of anilines is 3. The lowest BCUT2D eigenvalue weighted by molar-refractivity contribution is -0.137. The maximum absolute atomic E-state index is 13.2. The second-order valence-corrected chi connectivity index (χ2v) is 6.07. The van der Waals surface area contributed by atoms with E-state index in [-0.39, 0.29) is 5.82 Å². The van der Waals surface area contributed by atoms with Gasteiger partial charge in [0.05, 0.1) is 5.56 Å². The van der Waals surface area contributed by atoms with Gasteiger partial charge in [0.25, 0.3) is 0 Å². The third-order valence-corrected chi connectivity index (χ3v) is 4.15. The molecule has 6 nitrogen and oxygen atoms in total. The number of nitrogens with one attached hydrogen (secondary N) is 1. The number of aromatic nitrogens is 3. The van der Waals surface area contributed by atoms with Crippen molar-refractivity contribution in [3.8, 4) is 0 Å². The van der Waals surface area contributed by atoms with Crippen LogP contribution in [0, 0.1) is 6.92 Å². The smallest absolute Gasteiger partial charge is 0.370 e. The van der Waals surface area contributed by atoms with Crippen LogP contribution in [0.15, 0.2) is 24.4 Å². The third-order valence-electron chi connectivity index (χ3n) is 4.15. The summed E-state index contributed by atoms with van der Waals surface area (Å²) in [6.07, 6.45) is -3.02. The van der Waals surface area contributed by atoms with Crippen LogP contribution in [-0.2, 0) is 6.18 Å². The first-order valence-corrected chi connectivity index (χ1v) is 8.50. The molecule has 0 radical (unpaired) electrons. The highest BCUT2D eigenvalue weighted by Crippen LogP contribution is 2.35. The van der Waals surface area contributed by atoms with Crippen molar-refractivity contribution >= 4 is 17.6 Å². The fraction of sp³-hybridized carbons (Fsp3) is 0.471. The highest BCUT2D eigenvalue weighted by Gasteiger charge is 2.36. The van der Waals surface area contributed by atoms with E-state index < -0.39 is 11.7 Å². The number of alkyl halides is 3. The molecule has 0 spiro atoms. The lowest BCUT2D eigenvalue weighted by Gasteiger charge is -2.36. The number of aryl methyl sites for hydroxylation is 1. The van der Waals surface area contributed by atoms with Gasteiger partial charge < -0.3 is 15.1 Å². The molecule has 0 bridgehead atoms. The van der Waals surface area contributed by atoms with Gasteiger partial charge in [-0.25, -0.2) is 9.97 Å². The minimum atomic E-state index is -4.42. The minimum Gasteiger partial charge on any atom is -0.370 e. The Hall–Kier alpha value is -2.58. The van der Waals surface area contributed by atoms with Gasteiger partial charge in [0.15, 0.2) is 0 Å². The normalized spacial score (nSPS) is 15.3. The molecule has 2 aromatic heterocycles. The molecule has 0 unspecified atom stereocenters. The van der Waals surface area contributed by atoms with Crippen LogP contribution >= 0.6 is 0 Å². The first-order valence-electron chi connectivity index (χ1n) is 8.50. The summed E-state index contributed by atoms with van der Waals surface area (Å²) in [5, 5.41) is 3.16. The van der Waals surface area contributed by atoms with E-state index in [1.165, 1.54) is 12.3 Å². The lowest BCUT2D eigenvalue weighted by Crippen LogP contribution is -2.48. The monoisotopic (exact) mass is 366 g/mol. The summed E-state index contributed by atoms with van der Waals surface area (Å²) >= 11 is 0. The first kappa shape index (κ1) is 18.2. The molecule has 3 rings (SSSR count). The van der Waals surface area contributed by atoms with Crippen LogP contribution in [0.25, 0.3) is 0 Å². The standard InChI is InChI=1S/C17H21F3N6/c1-3-21-14-11-12(2)23-16(24-14)26-9-7-25(8-10-26)15-13(17(18,19)20)5-4-6-22-15/h4-6,11H,3,7-10H2,1-2H3,(H,21,23,24). The maximum Gasteiger partial charge on any atom is 0.419 e. The van der Waals surface area contributed by atoms with Crippen molar-refractivity contribution in [3.63, 3.8) is 0 Å². The van der Waals surface area contributed by atoms with Crippen molar-refractivity contribution < 1.29 is 13.2 Å². The zero-order valence-electron chi connectivity index (χ0n) is 14.7. The van der Waals surface area contributed by atoms with Crippen molar-refractivity contribution in [3.05, 3.63) is 35.7 Å². The molecule has 1 aliphatic heterocycles. The molecule has 1 saturated heterocycles. The summed E-state index contributed by atoms with van der Waals surface area (Å²) in [7, 11) is 0. The van der Waals surface area contributed by atoms with E-state index in [1.807, 2.05) is 24.8 Å². The summed E-state index contributed by atoms with van der Waals surface area (Å²) in [5.74, 6) is 1.33. The average molecular weight is 366 g/mol. The molecular formula is C17H21F3N6. The molecule has 0 aromatic carbocycles. The van der Waals surface area contributed by atoms with Crippen molar-refractivity contribution in [1.82, 2.24) is 15.0 Å². The van der Waals surface area contributed by atoms with Crippen LogP contribution in [0.2, 0.25) is 0 Å². The zero-order valence-corrected chi connectivity index (χ0v) is 14.7. The summed E-state index contributed by atoms with van der Waals surface area (Å²) in [6, 6.07) is 4.25. The minimum absolute atomic E-state index is 0.0156. The van der Waals surface area contributed by atoms with E-state index >= 15 is 0 Å². The lowest BCUT2D eigenvalue weighted by atomic mass is 10.2. The molecule has 140 valence electrons. The number of piperazine rings is 1. The topological polar surface area (TPSA) is 57.2 Å². The molecule has 9 heteroatoms. The highest BCUT2D eigenvalue weighted by molar-refractivity contribution is 5.51. The van der Waals surface area contributed by atoms with E-state index in [2.05, 4.69) is 20.3 Å². The Morgan fingerprint density at radius 1 is 1.12 bits per heavy atom. The van der Waals surface area contributed by atoms with E-state index in [0.29, 0.717) is 32.1 Å². The van der Waals surface area contributed by atoms with Crippen LogP contribution in [0.4, 0.5) is 30.8 Å². The van der Waals surface area contributed by atoms with Crippen LogP contribution in [0.1, 0.15) is 18.2 Å². The second kappa shape index (κ2) is 7.35. The van der Waals surface area contributed by atoms with Gasteiger partial charge in [-0.1, -0.05) is 0 Å². The second-order valence-electron chi connectivity index (χ2n) is 6.07. The molecule has 1 aliphatic rings. The van der Waals surface area contributed by atoms with Gasteiger partial charge in [-0.3, -0.25) is 0 Å². The van der Waals surface area contributed by atoms with Crippen molar-refractivity contribution in [2.24, 2.45) is 0 Å². The predicted molar refractivity (Wildman–Crippen MR) is 94.6 cm³/mol. The number of pyridine rings is 1. The number of halogens is 3. The van der Waals surface area contributed by atoms with Gasteiger partial charge in [0.1, 0.15) is 11.6 Å². The zero-order chi connectivity index (χ0) is 18.7. The van der Waals surface area contributed by atoms with Crippen LogP contribution in [0.3, 0.4) is 0 Å². The third kappa shape index (κ3) is 3.97. The Morgan fingerprint density at radius 3 is 2.46 bits per heavy atom. The Bertz CT molecular complexity index is 756. The average Bonchev–Trinajstić information content (AvgIpc) is 2.61. The van der Waals surface area contributed by atoms with Crippen molar-refractivity contribution in [2.75, 3.05) is 47.8 Å². The van der Waals surface area contributed by atoms with Crippen molar-refractivity contribution in [2.45, 2.75) is 20.0 Å². The van der Waals surface area contributed by atoms with Crippen LogP contribution < -0.4 is 15.1 Å². The fourth-order valence-electron chi connectivity index (χ4n) is 2.95. The molecule has 0 aliphatic carbocycles. The van der Waals surface area contributed by atoms with E-state index in [1.54, 1.807) is 4.90 Å². The highest BCUT2D eigenvalue weighted by atomic mass is 19.4. The number of hydrogen-bond donors (Lipinski definition) is 1. The summed E-state index contributed by atoms with van der Waals surface area (Å²) < 4.78 is 39.6. The number of nitrogens with zero attached hydrogens (tertiary/aromatic N) is 5. The Balaban J connectivity index is 1.75. The largest absolute Gasteiger partial charge is 0.419 e. The Morgan fingerprint density at radius 2 is 1.81 bits per heavy atom. The van der Waals surface area contributed by atoms with E-state index in [4.69, 9.17) is 0 Å². The summed E-state index contributed by atoms with van der Waals surface area (Å²) in [4.78, 5) is 16.6. The number of hydrogen-bond acceptors (Lipinski definition) is 6. The van der Waals surface area contributed by atoms with Gasteiger partial charge in [-0.2, -0.15) is 18.2 Å². The van der Waals surface area contributed by atoms with Gasteiger partial charge >= 0.3 is 6.18 Å². The Kier molecular flexibility index (Phi) is 5.15. The van der Waals surface area contributed by atoms with Gasteiger partial charge in [0.2, 0.25) is 5.95 Å². The van der Waals surface area contributed by atoms with Gasteiger partial charge in [-0.15, -0.1) is 0 Å². The number of rotatable bonds is 4. The molecule has 0 atom stereocenters. The fourth-order valence-corrected chi connectivity index (χ4v) is 2.95.